The number of hydrogen-bond acceptors (Lipinski definition) is 7. The summed E-state index contributed by atoms with van der Waals surface area (Å²) in [7, 11) is -3.94. The standard InChI is InChI=1S/C17H14Cl2N2O5S2/c1-10-14(21-17(26-10)15-3-2-6-27-15)9-25-16(22)8-20-28(23,24)11-4-5-12(18)13(19)7-11/h2-7,20H,8-9H2,1H3. The summed E-state index contributed by atoms with van der Waals surface area (Å²) in [5.74, 6) is 0.204. The third-order valence-corrected chi connectivity index (χ3v) is 6.60. The first-order chi connectivity index (χ1) is 13.3. The van der Waals surface area contributed by atoms with Gasteiger partial charge in [-0.3, -0.25) is 4.79 Å². The Kier molecular flexibility index (Phi) is 6.41. The van der Waals surface area contributed by atoms with Crippen LogP contribution in [-0.2, 0) is 26.2 Å². The van der Waals surface area contributed by atoms with E-state index in [-0.39, 0.29) is 21.5 Å². The molecule has 28 heavy (non-hydrogen) atoms. The van der Waals surface area contributed by atoms with E-state index in [4.69, 9.17) is 32.4 Å². The van der Waals surface area contributed by atoms with Crippen LogP contribution in [0.5, 0.6) is 0 Å². The first-order valence-electron chi connectivity index (χ1n) is 7.87. The van der Waals surface area contributed by atoms with Crippen LogP contribution in [0, 0.1) is 6.92 Å². The molecule has 3 rings (SSSR count). The van der Waals surface area contributed by atoms with Gasteiger partial charge in [-0.1, -0.05) is 29.3 Å². The van der Waals surface area contributed by atoms with Crippen LogP contribution in [0.2, 0.25) is 10.0 Å². The van der Waals surface area contributed by atoms with Crippen LogP contribution >= 0.6 is 34.5 Å². The van der Waals surface area contributed by atoms with Crippen molar-refractivity contribution >= 4 is 50.5 Å². The normalized spacial score (nSPS) is 11.5. The van der Waals surface area contributed by atoms with Crippen molar-refractivity contribution in [2.24, 2.45) is 0 Å². The van der Waals surface area contributed by atoms with Crippen LogP contribution in [0.25, 0.3) is 10.8 Å². The van der Waals surface area contributed by atoms with Gasteiger partial charge in [0, 0.05) is 0 Å². The zero-order chi connectivity index (χ0) is 20.3. The average Bonchev–Trinajstić information content (AvgIpc) is 3.30. The summed E-state index contributed by atoms with van der Waals surface area (Å²) < 4.78 is 37.2. The van der Waals surface area contributed by atoms with Crippen LogP contribution in [0.1, 0.15) is 11.5 Å². The number of hydrogen-bond donors (Lipinski definition) is 1. The maximum atomic E-state index is 12.2. The number of sulfonamides is 1. The lowest BCUT2D eigenvalue weighted by atomic mass is 10.4. The van der Waals surface area contributed by atoms with E-state index in [2.05, 4.69) is 9.71 Å². The number of halogens is 2. The van der Waals surface area contributed by atoms with E-state index in [1.807, 2.05) is 17.5 Å². The van der Waals surface area contributed by atoms with Crippen molar-refractivity contribution in [1.82, 2.24) is 9.71 Å². The number of aromatic nitrogens is 1. The molecule has 0 spiro atoms. The minimum absolute atomic E-state index is 0.0928. The number of nitrogens with one attached hydrogen (secondary N) is 1. The summed E-state index contributed by atoms with van der Waals surface area (Å²) in [6, 6.07) is 7.58. The summed E-state index contributed by atoms with van der Waals surface area (Å²) in [5.41, 5.74) is 0.462. The van der Waals surface area contributed by atoms with Gasteiger partial charge in [-0.05, 0) is 36.6 Å². The highest BCUT2D eigenvalue weighted by Gasteiger charge is 2.18. The monoisotopic (exact) mass is 460 g/mol. The maximum Gasteiger partial charge on any atom is 0.321 e. The summed E-state index contributed by atoms with van der Waals surface area (Å²) >= 11 is 13.1. The number of rotatable bonds is 7. The second kappa shape index (κ2) is 8.62. The molecule has 2 heterocycles. The Labute approximate surface area is 175 Å². The van der Waals surface area contributed by atoms with Crippen LogP contribution in [0.3, 0.4) is 0 Å². The number of carbonyl (C=O) groups is 1. The zero-order valence-corrected chi connectivity index (χ0v) is 17.6. The molecule has 0 fully saturated rings. The van der Waals surface area contributed by atoms with Gasteiger partial charge in [0.2, 0.25) is 15.9 Å². The number of oxazole rings is 1. The number of ether oxygens (including phenoxy) is 1. The van der Waals surface area contributed by atoms with E-state index in [1.165, 1.54) is 29.5 Å². The molecular weight excluding hydrogens is 447 g/mol. The summed E-state index contributed by atoms with van der Waals surface area (Å²) in [6.07, 6.45) is 0. The van der Waals surface area contributed by atoms with Crippen LogP contribution < -0.4 is 4.72 Å². The molecule has 3 aromatic rings. The van der Waals surface area contributed by atoms with Crippen molar-refractivity contribution < 1.29 is 22.4 Å². The highest BCUT2D eigenvalue weighted by molar-refractivity contribution is 7.89. The fraction of sp³-hybridized carbons (Fsp3) is 0.176. The zero-order valence-electron chi connectivity index (χ0n) is 14.4. The summed E-state index contributed by atoms with van der Waals surface area (Å²) in [5, 5.41) is 2.22. The van der Waals surface area contributed by atoms with Crippen LogP contribution in [0.4, 0.5) is 0 Å². The molecule has 0 saturated carbocycles. The molecule has 148 valence electrons. The Morgan fingerprint density at radius 2 is 2.07 bits per heavy atom. The molecule has 0 aliphatic heterocycles. The van der Waals surface area contributed by atoms with Crippen molar-refractivity contribution in [2.75, 3.05) is 6.54 Å². The SMILES string of the molecule is Cc1oc(-c2cccs2)nc1COC(=O)CNS(=O)(=O)c1ccc(Cl)c(Cl)c1. The fourth-order valence-electron chi connectivity index (χ4n) is 2.15. The van der Waals surface area contributed by atoms with Gasteiger partial charge < -0.3 is 9.15 Å². The highest BCUT2D eigenvalue weighted by atomic mass is 35.5. The lowest BCUT2D eigenvalue weighted by Gasteiger charge is -2.07. The van der Waals surface area contributed by atoms with Crippen molar-refractivity contribution in [2.45, 2.75) is 18.4 Å². The lowest BCUT2D eigenvalue weighted by Crippen LogP contribution is -2.30. The van der Waals surface area contributed by atoms with Gasteiger partial charge in [-0.15, -0.1) is 11.3 Å². The highest BCUT2D eigenvalue weighted by Crippen LogP contribution is 2.26. The Morgan fingerprint density at radius 1 is 1.29 bits per heavy atom. The third kappa shape index (κ3) is 4.92. The van der Waals surface area contributed by atoms with Crippen LogP contribution in [-0.4, -0.2) is 25.9 Å². The first-order valence-corrected chi connectivity index (χ1v) is 11.0. The number of aryl methyl sites for hydroxylation is 1. The maximum absolute atomic E-state index is 12.2. The largest absolute Gasteiger partial charge is 0.458 e. The van der Waals surface area contributed by atoms with Crippen molar-refractivity contribution in [1.29, 1.82) is 0 Å². The topological polar surface area (TPSA) is 98.5 Å². The minimum atomic E-state index is -3.94. The Hall–Kier alpha value is -1.91. The minimum Gasteiger partial charge on any atom is -0.458 e. The smallest absolute Gasteiger partial charge is 0.321 e. The quantitative estimate of drug-likeness (QED) is 0.534. The van der Waals surface area contributed by atoms with E-state index in [9.17, 15) is 13.2 Å². The van der Waals surface area contributed by atoms with Crippen LogP contribution in [0.15, 0.2) is 45.0 Å². The summed E-state index contributed by atoms with van der Waals surface area (Å²) in [4.78, 5) is 17.0. The van der Waals surface area contributed by atoms with Crippen molar-refractivity contribution in [3.05, 3.63) is 57.2 Å². The molecule has 0 unspecified atom stereocenters. The van der Waals surface area contributed by atoms with E-state index < -0.39 is 22.5 Å². The van der Waals surface area contributed by atoms with E-state index in [0.717, 1.165) is 4.88 Å². The number of thiophene rings is 1. The molecule has 0 bridgehead atoms. The molecule has 0 saturated heterocycles. The first kappa shape index (κ1) is 20.8. The second-order valence-corrected chi connectivity index (χ2v) is 9.09. The van der Waals surface area contributed by atoms with Gasteiger partial charge >= 0.3 is 5.97 Å². The van der Waals surface area contributed by atoms with Crippen molar-refractivity contribution in [3.8, 4) is 10.8 Å². The molecule has 11 heteroatoms. The van der Waals surface area contributed by atoms with Crippen molar-refractivity contribution in [3.63, 3.8) is 0 Å². The second-order valence-electron chi connectivity index (χ2n) is 5.56. The van der Waals surface area contributed by atoms with Gasteiger partial charge in [0.05, 0.1) is 19.8 Å². The molecular formula is C17H14Cl2N2O5S2. The molecule has 0 radical (unpaired) electrons. The molecule has 0 amide bonds. The van der Waals surface area contributed by atoms with E-state index in [0.29, 0.717) is 17.3 Å². The molecule has 0 aliphatic carbocycles. The number of esters is 1. The van der Waals surface area contributed by atoms with Gasteiger partial charge in [0.15, 0.2) is 0 Å². The molecule has 2 aromatic heterocycles. The third-order valence-electron chi connectivity index (χ3n) is 3.60. The Balaban J connectivity index is 1.57. The summed E-state index contributed by atoms with van der Waals surface area (Å²) in [6.45, 7) is 1.03. The Bertz CT molecular complexity index is 1090. The Morgan fingerprint density at radius 3 is 2.75 bits per heavy atom. The number of carbonyl (C=O) groups excluding carboxylic acids is 1. The number of nitrogens with zero attached hydrogens (tertiary/aromatic N) is 1. The fourth-order valence-corrected chi connectivity index (χ4v) is 4.16. The predicted octanol–water partition coefficient (Wildman–Crippen LogP) is 4.04. The van der Waals surface area contributed by atoms with E-state index >= 15 is 0 Å². The van der Waals surface area contributed by atoms with Gasteiger partial charge in [-0.25, -0.2) is 13.4 Å². The van der Waals surface area contributed by atoms with E-state index in [1.54, 1.807) is 6.92 Å². The molecule has 1 aromatic carbocycles. The van der Waals surface area contributed by atoms with Gasteiger partial charge in [-0.2, -0.15) is 4.72 Å². The number of benzene rings is 1. The molecule has 0 atom stereocenters. The lowest BCUT2D eigenvalue weighted by molar-refractivity contribution is -0.143. The predicted molar refractivity (Wildman–Crippen MR) is 106 cm³/mol. The van der Waals surface area contributed by atoms with Gasteiger partial charge in [0.25, 0.3) is 0 Å². The average molecular weight is 461 g/mol. The molecule has 1 N–H and O–H groups in total. The molecule has 7 nitrogen and oxygen atoms in total. The molecule has 0 aliphatic rings. The van der Waals surface area contributed by atoms with Gasteiger partial charge in [0.1, 0.15) is 24.6 Å².